The van der Waals surface area contributed by atoms with Crippen molar-refractivity contribution in [2.75, 3.05) is 5.32 Å². The maximum atomic E-state index is 3.91. The molecule has 66 valence electrons. The molecule has 0 aromatic carbocycles. The highest BCUT2D eigenvalue weighted by molar-refractivity contribution is 5.26. The van der Waals surface area contributed by atoms with Crippen LogP contribution in [0.1, 0.15) is 32.7 Å². The van der Waals surface area contributed by atoms with E-state index in [1.165, 1.54) is 12.8 Å². The van der Waals surface area contributed by atoms with Crippen molar-refractivity contribution in [1.29, 1.82) is 0 Å². The number of nitrogens with zero attached hydrogens (tertiary/aromatic N) is 4. The average molecular weight is 167 g/mol. The van der Waals surface area contributed by atoms with Crippen LogP contribution in [-0.4, -0.2) is 26.2 Å². The van der Waals surface area contributed by atoms with Crippen molar-refractivity contribution >= 4 is 5.95 Å². The number of tetrazole rings is 1. The summed E-state index contributed by atoms with van der Waals surface area (Å²) in [5.74, 6) is 0.799. The fraction of sp³-hybridized carbons (Fsp3) is 0.857. The standard InChI is InChI=1S/C7H13N5/c1-5(2)12-7(9-10-11-12)8-6-3-4-6/h5-6H,3-4H2,1-2H3,(H,8,9,11). The molecule has 1 aliphatic carbocycles. The van der Waals surface area contributed by atoms with E-state index in [-0.39, 0.29) is 0 Å². The first kappa shape index (κ1) is 7.52. The maximum absolute atomic E-state index is 3.91. The van der Waals surface area contributed by atoms with Crippen LogP contribution in [0.2, 0.25) is 0 Å². The zero-order chi connectivity index (χ0) is 8.55. The number of rotatable bonds is 3. The summed E-state index contributed by atoms with van der Waals surface area (Å²) >= 11 is 0. The van der Waals surface area contributed by atoms with Crippen molar-refractivity contribution in [1.82, 2.24) is 20.2 Å². The Balaban J connectivity index is 2.11. The summed E-state index contributed by atoms with van der Waals surface area (Å²) in [7, 11) is 0. The Labute approximate surface area is 71.1 Å². The third-order valence-corrected chi connectivity index (χ3v) is 1.89. The van der Waals surface area contributed by atoms with Gasteiger partial charge in [-0.1, -0.05) is 5.10 Å². The summed E-state index contributed by atoms with van der Waals surface area (Å²) in [6.07, 6.45) is 2.48. The van der Waals surface area contributed by atoms with Crippen LogP contribution in [0.25, 0.3) is 0 Å². The second kappa shape index (κ2) is 2.73. The van der Waals surface area contributed by atoms with E-state index in [1.807, 2.05) is 0 Å². The van der Waals surface area contributed by atoms with Crippen molar-refractivity contribution in [3.05, 3.63) is 0 Å². The number of nitrogens with one attached hydrogen (secondary N) is 1. The maximum Gasteiger partial charge on any atom is 0.243 e. The van der Waals surface area contributed by atoms with Crippen molar-refractivity contribution in [3.8, 4) is 0 Å². The van der Waals surface area contributed by atoms with Gasteiger partial charge in [0.05, 0.1) is 6.04 Å². The van der Waals surface area contributed by atoms with Crippen molar-refractivity contribution in [2.24, 2.45) is 0 Å². The van der Waals surface area contributed by atoms with Crippen molar-refractivity contribution < 1.29 is 0 Å². The molecule has 0 amide bonds. The summed E-state index contributed by atoms with van der Waals surface area (Å²) in [6.45, 7) is 4.13. The topological polar surface area (TPSA) is 55.6 Å². The lowest BCUT2D eigenvalue weighted by Gasteiger charge is -2.07. The number of hydrogen-bond donors (Lipinski definition) is 1. The van der Waals surface area contributed by atoms with E-state index in [9.17, 15) is 0 Å². The number of anilines is 1. The Bertz CT molecular complexity index is 263. The summed E-state index contributed by atoms with van der Waals surface area (Å²) in [4.78, 5) is 0. The average Bonchev–Trinajstić information content (AvgIpc) is 2.66. The Morgan fingerprint density at radius 3 is 2.83 bits per heavy atom. The molecule has 1 N–H and O–H groups in total. The van der Waals surface area contributed by atoms with Gasteiger partial charge < -0.3 is 5.32 Å². The molecule has 0 bridgehead atoms. The smallest absolute Gasteiger partial charge is 0.243 e. The van der Waals surface area contributed by atoms with Gasteiger partial charge in [-0.3, -0.25) is 0 Å². The van der Waals surface area contributed by atoms with Gasteiger partial charge in [-0.2, -0.15) is 0 Å². The van der Waals surface area contributed by atoms with Crippen molar-refractivity contribution in [3.63, 3.8) is 0 Å². The largest absolute Gasteiger partial charge is 0.350 e. The van der Waals surface area contributed by atoms with E-state index >= 15 is 0 Å². The van der Waals surface area contributed by atoms with Gasteiger partial charge in [0.1, 0.15) is 0 Å². The summed E-state index contributed by atoms with van der Waals surface area (Å²) in [5, 5.41) is 14.7. The molecule has 1 aromatic heterocycles. The summed E-state index contributed by atoms with van der Waals surface area (Å²) in [6, 6.07) is 0.926. The lowest BCUT2D eigenvalue weighted by Crippen LogP contribution is -2.11. The highest BCUT2D eigenvalue weighted by Crippen LogP contribution is 2.23. The molecule has 2 rings (SSSR count). The van der Waals surface area contributed by atoms with Crippen LogP contribution in [0.3, 0.4) is 0 Å². The third kappa shape index (κ3) is 1.39. The van der Waals surface area contributed by atoms with Gasteiger partial charge in [0.2, 0.25) is 5.95 Å². The molecule has 0 saturated heterocycles. The summed E-state index contributed by atoms with van der Waals surface area (Å²) < 4.78 is 1.80. The number of hydrogen-bond acceptors (Lipinski definition) is 4. The van der Waals surface area contributed by atoms with Gasteiger partial charge in [0.15, 0.2) is 0 Å². The lowest BCUT2D eigenvalue weighted by molar-refractivity contribution is 0.518. The fourth-order valence-electron chi connectivity index (χ4n) is 1.05. The quantitative estimate of drug-likeness (QED) is 0.724. The molecule has 0 radical (unpaired) electrons. The van der Waals surface area contributed by atoms with E-state index in [4.69, 9.17) is 0 Å². The van der Waals surface area contributed by atoms with E-state index in [2.05, 4.69) is 34.7 Å². The fourth-order valence-corrected chi connectivity index (χ4v) is 1.05. The highest BCUT2D eigenvalue weighted by atomic mass is 15.6. The predicted octanol–water partition coefficient (Wildman–Crippen LogP) is 0.828. The van der Waals surface area contributed by atoms with Crippen LogP contribution in [0.15, 0.2) is 0 Å². The molecule has 1 saturated carbocycles. The van der Waals surface area contributed by atoms with Gasteiger partial charge in [0.25, 0.3) is 0 Å². The van der Waals surface area contributed by atoms with Crippen LogP contribution in [0.5, 0.6) is 0 Å². The molecule has 5 nitrogen and oxygen atoms in total. The minimum absolute atomic E-state index is 0.321. The Hall–Kier alpha value is -1.13. The molecular weight excluding hydrogens is 154 g/mol. The van der Waals surface area contributed by atoms with Crippen LogP contribution >= 0.6 is 0 Å². The van der Waals surface area contributed by atoms with Crippen LogP contribution in [0, 0.1) is 0 Å². The van der Waals surface area contributed by atoms with Gasteiger partial charge in [-0.15, -0.1) is 0 Å². The minimum atomic E-state index is 0.321. The molecule has 0 aliphatic heterocycles. The first-order valence-electron chi connectivity index (χ1n) is 4.32. The molecule has 1 fully saturated rings. The second-order valence-electron chi connectivity index (χ2n) is 3.46. The minimum Gasteiger partial charge on any atom is -0.350 e. The molecule has 0 unspecified atom stereocenters. The zero-order valence-electron chi connectivity index (χ0n) is 7.36. The van der Waals surface area contributed by atoms with E-state index in [0.717, 1.165) is 5.95 Å². The SMILES string of the molecule is CC(C)n1nnnc1NC1CC1. The zero-order valence-corrected chi connectivity index (χ0v) is 7.36. The van der Waals surface area contributed by atoms with Crippen LogP contribution < -0.4 is 5.32 Å². The molecule has 5 heteroatoms. The third-order valence-electron chi connectivity index (χ3n) is 1.89. The van der Waals surface area contributed by atoms with Crippen LogP contribution in [0.4, 0.5) is 5.95 Å². The van der Waals surface area contributed by atoms with Gasteiger partial charge in [-0.25, -0.2) is 4.68 Å². The van der Waals surface area contributed by atoms with Gasteiger partial charge in [0, 0.05) is 6.04 Å². The highest BCUT2D eigenvalue weighted by Gasteiger charge is 2.23. The van der Waals surface area contributed by atoms with Gasteiger partial charge in [-0.05, 0) is 37.1 Å². The van der Waals surface area contributed by atoms with Gasteiger partial charge >= 0.3 is 0 Å². The van der Waals surface area contributed by atoms with E-state index < -0.39 is 0 Å². The van der Waals surface area contributed by atoms with Crippen molar-refractivity contribution in [2.45, 2.75) is 38.8 Å². The number of aromatic nitrogens is 4. The lowest BCUT2D eigenvalue weighted by atomic mass is 10.4. The molecule has 1 aliphatic rings. The molecule has 1 heterocycles. The Morgan fingerprint density at radius 2 is 2.25 bits per heavy atom. The Kier molecular flexibility index (Phi) is 1.71. The molecule has 0 spiro atoms. The van der Waals surface area contributed by atoms with E-state index in [1.54, 1.807) is 4.68 Å². The molecule has 12 heavy (non-hydrogen) atoms. The first-order valence-corrected chi connectivity index (χ1v) is 4.32. The summed E-state index contributed by atoms with van der Waals surface area (Å²) in [5.41, 5.74) is 0. The molecule has 1 aromatic rings. The normalized spacial score (nSPS) is 16.9. The molecular formula is C7H13N5. The van der Waals surface area contributed by atoms with Crippen LogP contribution in [-0.2, 0) is 0 Å². The second-order valence-corrected chi connectivity index (χ2v) is 3.46. The predicted molar refractivity (Wildman–Crippen MR) is 44.8 cm³/mol. The first-order chi connectivity index (χ1) is 5.77. The monoisotopic (exact) mass is 167 g/mol. The molecule has 0 atom stereocenters. The Morgan fingerprint density at radius 1 is 1.50 bits per heavy atom. The van der Waals surface area contributed by atoms with E-state index in [0.29, 0.717) is 12.1 Å².